The summed E-state index contributed by atoms with van der Waals surface area (Å²) >= 11 is 0. The predicted octanol–water partition coefficient (Wildman–Crippen LogP) is 7.00. The zero-order valence-electron chi connectivity index (χ0n) is 19.3. The maximum Gasteiger partial charge on any atom is 0.224 e. The second-order valence-corrected chi connectivity index (χ2v) is 8.73. The van der Waals surface area contributed by atoms with Crippen LogP contribution in [0.4, 0.5) is 0 Å². The number of aliphatic hydroxyl groups excluding tert-OH is 1. The molecule has 0 aromatic heterocycles. The Morgan fingerprint density at radius 3 is 1.82 bits per heavy atom. The summed E-state index contributed by atoms with van der Waals surface area (Å²) in [6, 6.07) is 0. The number of allylic oxidation sites excluding steroid dienone is 1. The number of nitrogens with zero attached hydrogens (tertiary/aromatic N) is 2. The van der Waals surface area contributed by atoms with Crippen LogP contribution in [0.25, 0.3) is 0 Å². The maximum atomic E-state index is 10.2. The predicted molar refractivity (Wildman–Crippen MR) is 124 cm³/mol. The number of unbranched alkanes of at least 4 members (excludes halogenated alkanes) is 14. The van der Waals surface area contributed by atoms with Crippen LogP contribution in [0.3, 0.4) is 0 Å². The summed E-state index contributed by atoms with van der Waals surface area (Å²) in [4.78, 5) is 4.63. The van der Waals surface area contributed by atoms with E-state index < -0.39 is 0 Å². The smallest absolute Gasteiger partial charge is 0.224 e. The van der Waals surface area contributed by atoms with Crippen LogP contribution < -0.4 is 0 Å². The molecule has 0 saturated carbocycles. The molecule has 164 valence electrons. The van der Waals surface area contributed by atoms with Gasteiger partial charge in [0.15, 0.2) is 6.23 Å². The highest BCUT2D eigenvalue weighted by Gasteiger charge is 2.39. The highest BCUT2D eigenvalue weighted by atomic mass is 16.3. The molecule has 0 amide bonds. The Kier molecular flexibility index (Phi) is 14.6. The maximum absolute atomic E-state index is 10.2. The number of hydrogen-bond donors (Lipinski definition) is 1. The number of aliphatic hydroxyl groups is 1. The summed E-state index contributed by atoms with van der Waals surface area (Å²) in [5.74, 6) is 1.07. The molecule has 0 radical (unpaired) electrons. The molecule has 0 bridgehead atoms. The van der Waals surface area contributed by atoms with E-state index in [0.29, 0.717) is 4.48 Å². The molecular weight excluding hydrogens is 344 g/mol. The van der Waals surface area contributed by atoms with Crippen molar-refractivity contribution in [1.82, 2.24) is 0 Å². The molecule has 1 heterocycles. The van der Waals surface area contributed by atoms with Gasteiger partial charge in [-0.25, -0.2) is 9.48 Å². The van der Waals surface area contributed by atoms with Gasteiger partial charge in [0.1, 0.15) is 6.54 Å². The van der Waals surface area contributed by atoms with E-state index in [1.807, 2.05) is 6.92 Å². The molecule has 0 aromatic rings. The second kappa shape index (κ2) is 16.2. The first kappa shape index (κ1) is 25.4. The molecular formula is C25H49N2O+. The quantitative estimate of drug-likeness (QED) is 0.197. The van der Waals surface area contributed by atoms with Crippen molar-refractivity contribution in [3.63, 3.8) is 0 Å². The van der Waals surface area contributed by atoms with E-state index in [-0.39, 0.29) is 6.23 Å². The topological polar surface area (TPSA) is 32.6 Å². The van der Waals surface area contributed by atoms with Crippen LogP contribution in [0.1, 0.15) is 117 Å². The van der Waals surface area contributed by atoms with Gasteiger partial charge in [-0.15, -0.1) is 0 Å². The van der Waals surface area contributed by atoms with Crippen molar-refractivity contribution in [3.05, 3.63) is 12.2 Å². The van der Waals surface area contributed by atoms with Crippen molar-refractivity contribution in [3.8, 4) is 0 Å². The first-order valence-electron chi connectivity index (χ1n) is 12.4. The van der Waals surface area contributed by atoms with Gasteiger partial charge in [-0.3, -0.25) is 0 Å². The summed E-state index contributed by atoms with van der Waals surface area (Å²) in [7, 11) is 0. The van der Waals surface area contributed by atoms with Crippen LogP contribution in [0, 0.1) is 0 Å². The zero-order chi connectivity index (χ0) is 20.5. The Morgan fingerprint density at radius 2 is 1.36 bits per heavy atom. The fourth-order valence-corrected chi connectivity index (χ4v) is 4.41. The van der Waals surface area contributed by atoms with Crippen molar-refractivity contribution in [1.29, 1.82) is 0 Å². The Bertz CT molecular complexity index is 430. The standard InChI is InChI=1S/C25H49N2O/c1-4-6-7-8-9-10-11-12-13-14-15-16-17-18-19-20-21-25-26-22-23-27(25,5-2)24(3)28/h20-21,24,28H,4-19,22-23H2,1-3H3/q+1/b21-20+. The average molecular weight is 394 g/mol. The van der Waals surface area contributed by atoms with Gasteiger partial charge in [0.05, 0.1) is 13.1 Å². The summed E-state index contributed by atoms with van der Waals surface area (Å²) in [5, 5.41) is 10.2. The number of likely N-dealkylation sites (N-methyl/N-ethyl adjacent to an activating group) is 1. The summed E-state index contributed by atoms with van der Waals surface area (Å²) < 4.78 is 0.634. The molecule has 3 heteroatoms. The molecule has 3 nitrogen and oxygen atoms in total. The van der Waals surface area contributed by atoms with Crippen LogP contribution in [-0.4, -0.2) is 41.3 Å². The third kappa shape index (κ3) is 9.69. The molecule has 1 N–H and O–H groups in total. The molecule has 1 rings (SSSR count). The lowest BCUT2D eigenvalue weighted by Crippen LogP contribution is -2.56. The minimum Gasteiger partial charge on any atom is -0.345 e. The van der Waals surface area contributed by atoms with Gasteiger partial charge in [0, 0.05) is 13.0 Å². The highest BCUT2D eigenvalue weighted by molar-refractivity contribution is 5.88. The number of amidine groups is 1. The molecule has 1 aliphatic heterocycles. The van der Waals surface area contributed by atoms with Crippen molar-refractivity contribution >= 4 is 5.84 Å². The van der Waals surface area contributed by atoms with Crippen molar-refractivity contribution < 1.29 is 9.59 Å². The lowest BCUT2D eigenvalue weighted by Gasteiger charge is -2.35. The molecule has 28 heavy (non-hydrogen) atoms. The van der Waals surface area contributed by atoms with Crippen LogP contribution in [0.2, 0.25) is 0 Å². The fourth-order valence-electron chi connectivity index (χ4n) is 4.41. The van der Waals surface area contributed by atoms with Crippen molar-refractivity contribution in [2.45, 2.75) is 123 Å². The Hall–Kier alpha value is -0.670. The number of hydrogen-bond acceptors (Lipinski definition) is 2. The summed E-state index contributed by atoms with van der Waals surface area (Å²) in [5.41, 5.74) is 0. The molecule has 0 spiro atoms. The molecule has 0 fully saturated rings. The Labute approximate surface area is 175 Å². The highest BCUT2D eigenvalue weighted by Crippen LogP contribution is 2.20. The van der Waals surface area contributed by atoms with Gasteiger partial charge < -0.3 is 5.11 Å². The van der Waals surface area contributed by atoms with Crippen LogP contribution >= 0.6 is 0 Å². The fraction of sp³-hybridized carbons (Fsp3) is 0.880. The minimum absolute atomic E-state index is 0.364. The first-order chi connectivity index (χ1) is 13.7. The van der Waals surface area contributed by atoms with E-state index in [1.165, 1.54) is 89.9 Å². The zero-order valence-corrected chi connectivity index (χ0v) is 19.3. The third-order valence-corrected chi connectivity index (χ3v) is 6.50. The van der Waals surface area contributed by atoms with Crippen LogP contribution in [0.15, 0.2) is 17.1 Å². The number of quaternary nitrogens is 1. The van der Waals surface area contributed by atoms with E-state index in [0.717, 1.165) is 31.9 Å². The number of rotatable bonds is 18. The molecule has 0 aromatic carbocycles. The second-order valence-electron chi connectivity index (χ2n) is 8.73. The molecule has 0 saturated heterocycles. The molecule has 2 unspecified atom stereocenters. The molecule has 0 aliphatic carbocycles. The normalized spacial score (nSPS) is 20.8. The number of aliphatic imine (C=N–C) groups is 1. The Morgan fingerprint density at radius 1 is 0.857 bits per heavy atom. The van der Waals surface area contributed by atoms with Crippen LogP contribution in [0.5, 0.6) is 0 Å². The summed E-state index contributed by atoms with van der Waals surface area (Å²) in [6.07, 6.45) is 25.0. The average Bonchev–Trinajstić information content (AvgIpc) is 3.12. The summed E-state index contributed by atoms with van der Waals surface area (Å²) in [6.45, 7) is 9.03. The van der Waals surface area contributed by atoms with E-state index in [2.05, 4.69) is 31.0 Å². The van der Waals surface area contributed by atoms with Gasteiger partial charge in [-0.1, -0.05) is 96.5 Å². The van der Waals surface area contributed by atoms with Gasteiger partial charge >= 0.3 is 0 Å². The van der Waals surface area contributed by atoms with Gasteiger partial charge in [0.2, 0.25) is 5.84 Å². The van der Waals surface area contributed by atoms with Gasteiger partial charge in [0.25, 0.3) is 0 Å². The van der Waals surface area contributed by atoms with E-state index in [4.69, 9.17) is 0 Å². The SMILES string of the molecule is CCCCCCCCCCCCCCCC/C=C/C1=NCC[N+]1(CC)C(C)O. The van der Waals surface area contributed by atoms with E-state index in [9.17, 15) is 5.11 Å². The van der Waals surface area contributed by atoms with Gasteiger partial charge in [-0.05, 0) is 19.8 Å². The van der Waals surface area contributed by atoms with Crippen molar-refractivity contribution in [2.24, 2.45) is 4.99 Å². The largest absolute Gasteiger partial charge is 0.345 e. The molecule has 2 atom stereocenters. The monoisotopic (exact) mass is 393 g/mol. The van der Waals surface area contributed by atoms with Gasteiger partial charge in [-0.2, -0.15) is 0 Å². The van der Waals surface area contributed by atoms with E-state index >= 15 is 0 Å². The van der Waals surface area contributed by atoms with Crippen molar-refractivity contribution in [2.75, 3.05) is 19.6 Å². The lowest BCUT2D eigenvalue weighted by atomic mass is 10.0. The van der Waals surface area contributed by atoms with E-state index in [1.54, 1.807) is 0 Å². The van der Waals surface area contributed by atoms with Crippen LogP contribution in [-0.2, 0) is 0 Å². The molecule has 1 aliphatic rings. The Balaban J connectivity index is 1.93. The lowest BCUT2D eigenvalue weighted by molar-refractivity contribution is -0.880. The minimum atomic E-state index is -0.364. The third-order valence-electron chi connectivity index (χ3n) is 6.50. The first-order valence-corrected chi connectivity index (χ1v) is 12.4.